The summed E-state index contributed by atoms with van der Waals surface area (Å²) in [6.45, 7) is 5.42. The molecule has 3 rings (SSSR count). The molecule has 0 bridgehead atoms. The van der Waals surface area contributed by atoms with Crippen LogP contribution in [0.25, 0.3) is 0 Å². The Hall–Kier alpha value is -1.50. The van der Waals surface area contributed by atoms with Crippen molar-refractivity contribution in [3.05, 3.63) is 17.7 Å². The van der Waals surface area contributed by atoms with E-state index >= 15 is 0 Å². The van der Waals surface area contributed by atoms with E-state index in [4.69, 9.17) is 19.9 Å². The lowest BCUT2D eigenvalue weighted by Gasteiger charge is -2.36. The zero-order chi connectivity index (χ0) is 14.8. The first-order valence-electron chi connectivity index (χ1n) is 7.32. The molecule has 1 aromatic carbocycles. The van der Waals surface area contributed by atoms with Crippen molar-refractivity contribution in [2.75, 3.05) is 38.6 Å². The van der Waals surface area contributed by atoms with Gasteiger partial charge in [-0.25, -0.2) is 0 Å². The monoisotopic (exact) mass is 294 g/mol. The Labute approximate surface area is 124 Å². The van der Waals surface area contributed by atoms with Crippen molar-refractivity contribution in [1.29, 1.82) is 0 Å². The van der Waals surface area contributed by atoms with E-state index in [-0.39, 0.29) is 18.8 Å². The van der Waals surface area contributed by atoms with Crippen molar-refractivity contribution >= 4 is 5.69 Å². The lowest BCUT2D eigenvalue weighted by Crippen LogP contribution is -2.47. The third kappa shape index (κ3) is 3.23. The van der Waals surface area contributed by atoms with Crippen molar-refractivity contribution in [1.82, 2.24) is 4.90 Å². The summed E-state index contributed by atoms with van der Waals surface area (Å²) in [5.41, 5.74) is 7.85. The number of fused-ring (bicyclic) bond motifs is 1. The number of nitrogens with two attached hydrogens (primary N) is 1. The zero-order valence-electron chi connectivity index (χ0n) is 12.2. The quantitative estimate of drug-likeness (QED) is 0.796. The number of benzene rings is 1. The molecule has 1 aromatic rings. The van der Waals surface area contributed by atoms with Gasteiger partial charge in [0.05, 0.1) is 18.8 Å². The van der Waals surface area contributed by atoms with Crippen molar-refractivity contribution in [3.63, 3.8) is 0 Å². The topological polar surface area (TPSA) is 77.2 Å². The van der Waals surface area contributed by atoms with E-state index in [1.165, 1.54) is 0 Å². The third-order valence-electron chi connectivity index (χ3n) is 3.80. The first-order chi connectivity index (χ1) is 10.2. The molecular weight excluding hydrogens is 272 g/mol. The highest BCUT2D eigenvalue weighted by Crippen LogP contribution is 2.35. The van der Waals surface area contributed by atoms with Crippen LogP contribution in [0.2, 0.25) is 0 Å². The number of aliphatic hydroxyl groups is 1. The van der Waals surface area contributed by atoms with E-state index in [0.717, 1.165) is 17.9 Å². The van der Waals surface area contributed by atoms with Gasteiger partial charge in [-0.1, -0.05) is 0 Å². The summed E-state index contributed by atoms with van der Waals surface area (Å²) in [4.78, 5) is 2.25. The van der Waals surface area contributed by atoms with E-state index in [2.05, 4.69) is 4.90 Å². The molecule has 2 unspecified atom stereocenters. The molecule has 0 aliphatic carbocycles. The maximum atomic E-state index is 9.29. The van der Waals surface area contributed by atoms with Crippen LogP contribution in [0.15, 0.2) is 12.1 Å². The Bertz CT molecular complexity index is 509. The molecule has 2 atom stereocenters. The molecule has 2 aliphatic heterocycles. The molecule has 0 saturated carbocycles. The lowest BCUT2D eigenvalue weighted by atomic mass is 10.1. The van der Waals surface area contributed by atoms with E-state index in [9.17, 15) is 5.11 Å². The summed E-state index contributed by atoms with van der Waals surface area (Å²) in [6.07, 6.45) is -0.0264. The molecule has 21 heavy (non-hydrogen) atoms. The number of morpholine rings is 1. The van der Waals surface area contributed by atoms with Crippen molar-refractivity contribution < 1.29 is 19.3 Å². The minimum atomic E-state index is -0.132. The molecule has 1 saturated heterocycles. The van der Waals surface area contributed by atoms with E-state index in [0.29, 0.717) is 37.7 Å². The number of ether oxygens (including phenoxy) is 3. The molecule has 0 aromatic heterocycles. The van der Waals surface area contributed by atoms with Gasteiger partial charge in [0, 0.05) is 31.4 Å². The summed E-state index contributed by atoms with van der Waals surface area (Å²) >= 11 is 0. The minimum absolute atomic E-state index is 0.0391. The third-order valence-corrected chi connectivity index (χ3v) is 3.80. The molecule has 2 heterocycles. The first-order valence-corrected chi connectivity index (χ1v) is 7.32. The molecule has 1 fully saturated rings. The Morgan fingerprint density at radius 3 is 2.67 bits per heavy atom. The van der Waals surface area contributed by atoms with Crippen molar-refractivity contribution in [2.24, 2.45) is 0 Å². The number of nitrogens with zero attached hydrogens (tertiary/aromatic N) is 1. The number of aliphatic hydroxyl groups excluding tert-OH is 1. The van der Waals surface area contributed by atoms with Gasteiger partial charge in [-0.3, -0.25) is 4.90 Å². The van der Waals surface area contributed by atoms with Gasteiger partial charge in [0.15, 0.2) is 11.5 Å². The second kappa shape index (κ2) is 6.09. The highest BCUT2D eigenvalue weighted by Gasteiger charge is 2.25. The van der Waals surface area contributed by atoms with Crippen LogP contribution in [0.3, 0.4) is 0 Å². The fraction of sp³-hybridized carbons (Fsp3) is 0.600. The summed E-state index contributed by atoms with van der Waals surface area (Å²) in [5, 5.41) is 9.29. The van der Waals surface area contributed by atoms with Gasteiger partial charge in [-0.05, 0) is 18.6 Å². The van der Waals surface area contributed by atoms with Crippen molar-refractivity contribution in [3.8, 4) is 11.5 Å². The number of anilines is 1. The van der Waals surface area contributed by atoms with Gasteiger partial charge in [0.25, 0.3) is 0 Å². The molecule has 116 valence electrons. The van der Waals surface area contributed by atoms with Crippen molar-refractivity contribution in [2.45, 2.75) is 25.7 Å². The number of nitrogen functional groups attached to an aromatic ring is 1. The summed E-state index contributed by atoms with van der Waals surface area (Å²) in [5.74, 6) is 1.47. The second-order valence-corrected chi connectivity index (χ2v) is 5.64. The fourth-order valence-electron chi connectivity index (χ4n) is 2.90. The molecule has 3 N–H and O–H groups in total. The Kier molecular flexibility index (Phi) is 4.19. The van der Waals surface area contributed by atoms with Gasteiger partial charge in [0.1, 0.15) is 13.2 Å². The molecule has 6 nitrogen and oxygen atoms in total. The van der Waals surface area contributed by atoms with Crippen LogP contribution in [0, 0.1) is 0 Å². The number of hydrogen-bond acceptors (Lipinski definition) is 6. The van der Waals surface area contributed by atoms with Crippen LogP contribution in [0.4, 0.5) is 5.69 Å². The number of rotatable bonds is 3. The smallest absolute Gasteiger partial charge is 0.163 e. The second-order valence-electron chi connectivity index (χ2n) is 5.64. The van der Waals surface area contributed by atoms with Gasteiger partial charge in [-0.2, -0.15) is 0 Å². The maximum Gasteiger partial charge on any atom is 0.163 e. The minimum Gasteiger partial charge on any atom is -0.486 e. The zero-order valence-corrected chi connectivity index (χ0v) is 12.2. The average Bonchev–Trinajstić information content (AvgIpc) is 2.47. The van der Waals surface area contributed by atoms with Crippen LogP contribution in [0.1, 0.15) is 12.5 Å². The fourth-order valence-corrected chi connectivity index (χ4v) is 2.90. The highest BCUT2D eigenvalue weighted by atomic mass is 16.6. The highest BCUT2D eigenvalue weighted by molar-refractivity contribution is 5.58. The van der Waals surface area contributed by atoms with Crippen LogP contribution < -0.4 is 15.2 Å². The van der Waals surface area contributed by atoms with Gasteiger partial charge < -0.3 is 25.1 Å². The average molecular weight is 294 g/mol. The summed E-state index contributed by atoms with van der Waals surface area (Å²) in [6, 6.07) is 3.79. The predicted octanol–water partition coefficient (Wildman–Crippen LogP) is 0.622. The van der Waals surface area contributed by atoms with Crippen LogP contribution in [-0.2, 0) is 11.3 Å². The molecule has 0 amide bonds. The molecule has 0 radical (unpaired) electrons. The molecule has 6 heteroatoms. The summed E-state index contributed by atoms with van der Waals surface area (Å²) in [7, 11) is 0. The SMILES string of the molecule is CC1CN(Cc2cc3c(cc2N)OCCO3)CC(CO)O1. The van der Waals surface area contributed by atoms with Gasteiger partial charge >= 0.3 is 0 Å². The maximum absolute atomic E-state index is 9.29. The number of hydrogen-bond donors (Lipinski definition) is 2. The standard InChI is InChI=1S/C15H22N2O4/c1-10-6-17(8-12(9-18)21-10)7-11-4-14-15(5-13(11)16)20-3-2-19-14/h4-5,10,12,18H,2-3,6-9,16H2,1H3. The molecular formula is C15H22N2O4. The van der Waals surface area contributed by atoms with Gasteiger partial charge in [-0.15, -0.1) is 0 Å². The molecule has 2 aliphatic rings. The predicted molar refractivity (Wildman–Crippen MR) is 78.5 cm³/mol. The van der Waals surface area contributed by atoms with Gasteiger partial charge in [0.2, 0.25) is 0 Å². The van der Waals surface area contributed by atoms with E-state index in [1.54, 1.807) is 0 Å². The van der Waals surface area contributed by atoms with Crippen LogP contribution >= 0.6 is 0 Å². The van der Waals surface area contributed by atoms with Crippen LogP contribution in [-0.4, -0.2) is 55.1 Å². The summed E-state index contributed by atoms with van der Waals surface area (Å²) < 4.78 is 16.8. The Balaban J connectivity index is 1.75. The largest absolute Gasteiger partial charge is 0.486 e. The normalized spacial score (nSPS) is 25.8. The first kappa shape index (κ1) is 14.4. The Morgan fingerprint density at radius 2 is 1.95 bits per heavy atom. The van der Waals surface area contributed by atoms with E-state index in [1.807, 2.05) is 19.1 Å². The lowest BCUT2D eigenvalue weighted by molar-refractivity contribution is -0.0972. The molecule has 0 spiro atoms. The van der Waals surface area contributed by atoms with E-state index < -0.39 is 0 Å². The Morgan fingerprint density at radius 1 is 1.24 bits per heavy atom. The van der Waals surface area contributed by atoms with Crippen LogP contribution in [0.5, 0.6) is 11.5 Å².